The van der Waals surface area contributed by atoms with E-state index in [0.717, 1.165) is 25.9 Å². The molecule has 4 nitrogen and oxygen atoms in total. The van der Waals surface area contributed by atoms with E-state index < -0.39 is 0 Å². The molecule has 0 radical (unpaired) electrons. The van der Waals surface area contributed by atoms with Crippen molar-refractivity contribution in [2.24, 2.45) is 5.92 Å². The van der Waals surface area contributed by atoms with Crippen LogP contribution in [-0.4, -0.2) is 38.3 Å². The summed E-state index contributed by atoms with van der Waals surface area (Å²) in [7, 11) is 0. The Morgan fingerprint density at radius 2 is 2.40 bits per heavy atom. The molecule has 1 fully saturated rings. The number of hydrogen-bond acceptors (Lipinski definition) is 3. The summed E-state index contributed by atoms with van der Waals surface area (Å²) in [6.07, 6.45) is 2.34. The molecule has 1 rings (SSSR count). The zero-order valence-electron chi connectivity index (χ0n) is 9.71. The third-order valence-electron chi connectivity index (χ3n) is 2.52. The molecular weight excluding hydrogens is 192 g/mol. The van der Waals surface area contributed by atoms with Gasteiger partial charge in [-0.15, -0.1) is 0 Å². The van der Waals surface area contributed by atoms with Crippen molar-refractivity contribution in [2.75, 3.05) is 26.2 Å². The second kappa shape index (κ2) is 6.80. The van der Waals surface area contributed by atoms with Crippen molar-refractivity contribution >= 4 is 5.91 Å². The molecule has 0 aromatic heterocycles. The van der Waals surface area contributed by atoms with Crippen LogP contribution in [-0.2, 0) is 9.53 Å². The first-order valence-electron chi connectivity index (χ1n) is 5.80. The summed E-state index contributed by atoms with van der Waals surface area (Å²) in [5.41, 5.74) is 0. The lowest BCUT2D eigenvalue weighted by molar-refractivity contribution is -0.125. The molecule has 4 heteroatoms. The Morgan fingerprint density at radius 1 is 1.60 bits per heavy atom. The molecule has 1 amide bonds. The average molecular weight is 214 g/mol. The molecule has 0 bridgehead atoms. The number of carbonyl (C=O) groups is 1. The minimum Gasteiger partial charge on any atom is -0.377 e. The zero-order valence-corrected chi connectivity index (χ0v) is 9.71. The van der Waals surface area contributed by atoms with Crippen molar-refractivity contribution in [1.29, 1.82) is 0 Å². The van der Waals surface area contributed by atoms with Crippen molar-refractivity contribution in [3.63, 3.8) is 0 Å². The Kier molecular flexibility index (Phi) is 5.65. The third kappa shape index (κ3) is 5.14. The molecule has 1 heterocycles. The highest BCUT2D eigenvalue weighted by atomic mass is 16.5. The highest BCUT2D eigenvalue weighted by Gasteiger charge is 2.19. The van der Waals surface area contributed by atoms with Gasteiger partial charge in [-0.25, -0.2) is 0 Å². The molecular formula is C11H22N2O2. The third-order valence-corrected chi connectivity index (χ3v) is 2.52. The van der Waals surface area contributed by atoms with Crippen LogP contribution in [0.3, 0.4) is 0 Å². The number of rotatable bonds is 5. The van der Waals surface area contributed by atoms with E-state index in [1.165, 1.54) is 0 Å². The van der Waals surface area contributed by atoms with Crippen LogP contribution in [0.1, 0.15) is 26.7 Å². The first-order chi connectivity index (χ1) is 7.20. The largest absolute Gasteiger partial charge is 0.377 e. The van der Waals surface area contributed by atoms with Gasteiger partial charge in [0.05, 0.1) is 18.6 Å². The lowest BCUT2D eigenvalue weighted by Gasteiger charge is -2.21. The number of amides is 1. The predicted molar refractivity (Wildman–Crippen MR) is 59.7 cm³/mol. The monoisotopic (exact) mass is 214 g/mol. The average Bonchev–Trinajstić information content (AvgIpc) is 2.25. The normalized spacial score (nSPS) is 21.7. The van der Waals surface area contributed by atoms with Gasteiger partial charge in [0.2, 0.25) is 5.91 Å². The van der Waals surface area contributed by atoms with Gasteiger partial charge in [-0.3, -0.25) is 4.79 Å². The van der Waals surface area contributed by atoms with Crippen molar-refractivity contribution < 1.29 is 9.53 Å². The second-order valence-corrected chi connectivity index (χ2v) is 4.25. The van der Waals surface area contributed by atoms with Gasteiger partial charge in [-0.05, 0) is 33.2 Å². The first kappa shape index (κ1) is 12.5. The van der Waals surface area contributed by atoms with Gasteiger partial charge in [0.1, 0.15) is 0 Å². The fourth-order valence-corrected chi connectivity index (χ4v) is 1.69. The molecule has 0 saturated carbocycles. The fourth-order valence-electron chi connectivity index (χ4n) is 1.69. The second-order valence-electron chi connectivity index (χ2n) is 4.25. The highest BCUT2D eigenvalue weighted by molar-refractivity contribution is 5.78. The molecule has 1 aliphatic heterocycles. The van der Waals surface area contributed by atoms with Crippen LogP contribution in [0.25, 0.3) is 0 Å². The maximum absolute atomic E-state index is 11.6. The maximum atomic E-state index is 11.6. The Balaban J connectivity index is 2.07. The number of piperidine rings is 1. The Labute approximate surface area is 91.8 Å². The molecule has 0 aromatic carbocycles. The quantitative estimate of drug-likeness (QED) is 0.656. The number of nitrogens with one attached hydrogen (secondary N) is 2. The van der Waals surface area contributed by atoms with Gasteiger partial charge in [0.15, 0.2) is 0 Å². The zero-order chi connectivity index (χ0) is 11.1. The molecule has 1 unspecified atom stereocenters. The molecule has 0 aromatic rings. The molecule has 1 saturated heterocycles. The Morgan fingerprint density at radius 3 is 3.00 bits per heavy atom. The molecule has 0 spiro atoms. The van der Waals surface area contributed by atoms with Crippen LogP contribution < -0.4 is 10.6 Å². The van der Waals surface area contributed by atoms with E-state index in [-0.39, 0.29) is 17.9 Å². The van der Waals surface area contributed by atoms with Crippen LogP contribution in [0.5, 0.6) is 0 Å². The van der Waals surface area contributed by atoms with E-state index >= 15 is 0 Å². The predicted octanol–water partition coefficient (Wildman–Crippen LogP) is 0.527. The van der Waals surface area contributed by atoms with Gasteiger partial charge in [-0.1, -0.05) is 0 Å². The minimum atomic E-state index is 0.151. The fraction of sp³-hybridized carbons (Fsp3) is 0.909. The van der Waals surface area contributed by atoms with E-state index in [9.17, 15) is 4.79 Å². The highest BCUT2D eigenvalue weighted by Crippen LogP contribution is 2.09. The maximum Gasteiger partial charge on any atom is 0.224 e. The van der Waals surface area contributed by atoms with Gasteiger partial charge < -0.3 is 15.4 Å². The molecule has 1 atom stereocenters. The van der Waals surface area contributed by atoms with Crippen molar-refractivity contribution in [1.82, 2.24) is 10.6 Å². The summed E-state index contributed by atoms with van der Waals surface area (Å²) in [5.74, 6) is 0.312. The molecule has 15 heavy (non-hydrogen) atoms. The summed E-state index contributed by atoms with van der Waals surface area (Å²) in [4.78, 5) is 11.6. The standard InChI is InChI=1S/C11H22N2O2/c1-9(2)15-7-6-13-11(14)10-4-3-5-12-8-10/h9-10,12H,3-8H2,1-2H3,(H,13,14). The number of hydrogen-bond donors (Lipinski definition) is 2. The minimum absolute atomic E-state index is 0.151. The van der Waals surface area contributed by atoms with Crippen LogP contribution >= 0.6 is 0 Å². The molecule has 2 N–H and O–H groups in total. The number of carbonyl (C=O) groups excluding carboxylic acids is 1. The van der Waals surface area contributed by atoms with E-state index in [1.807, 2.05) is 13.8 Å². The van der Waals surface area contributed by atoms with E-state index in [1.54, 1.807) is 0 Å². The number of ether oxygens (including phenoxy) is 1. The summed E-state index contributed by atoms with van der Waals surface area (Å²) in [5, 5.41) is 6.14. The van der Waals surface area contributed by atoms with E-state index in [2.05, 4.69) is 10.6 Å². The SMILES string of the molecule is CC(C)OCCNC(=O)C1CCCNC1. The van der Waals surface area contributed by atoms with Crippen molar-refractivity contribution in [3.05, 3.63) is 0 Å². The van der Waals surface area contributed by atoms with E-state index in [0.29, 0.717) is 13.2 Å². The van der Waals surface area contributed by atoms with Crippen molar-refractivity contribution in [3.8, 4) is 0 Å². The smallest absolute Gasteiger partial charge is 0.224 e. The Hall–Kier alpha value is -0.610. The van der Waals surface area contributed by atoms with Gasteiger partial charge in [0.25, 0.3) is 0 Å². The Bertz CT molecular complexity index is 189. The van der Waals surface area contributed by atoms with Crippen molar-refractivity contribution in [2.45, 2.75) is 32.8 Å². The molecule has 0 aliphatic carbocycles. The lowest BCUT2D eigenvalue weighted by Crippen LogP contribution is -2.41. The van der Waals surface area contributed by atoms with Crippen LogP contribution in [0.2, 0.25) is 0 Å². The lowest BCUT2D eigenvalue weighted by atomic mass is 9.99. The topological polar surface area (TPSA) is 50.4 Å². The van der Waals surface area contributed by atoms with Crippen LogP contribution in [0.15, 0.2) is 0 Å². The summed E-state index contributed by atoms with van der Waals surface area (Å²) in [6.45, 7) is 7.06. The molecule has 1 aliphatic rings. The summed E-state index contributed by atoms with van der Waals surface area (Å²) in [6, 6.07) is 0. The summed E-state index contributed by atoms with van der Waals surface area (Å²) < 4.78 is 5.35. The van der Waals surface area contributed by atoms with Crippen LogP contribution in [0.4, 0.5) is 0 Å². The van der Waals surface area contributed by atoms with Gasteiger partial charge in [0, 0.05) is 13.1 Å². The van der Waals surface area contributed by atoms with Gasteiger partial charge in [-0.2, -0.15) is 0 Å². The van der Waals surface area contributed by atoms with Gasteiger partial charge >= 0.3 is 0 Å². The van der Waals surface area contributed by atoms with E-state index in [4.69, 9.17) is 4.74 Å². The first-order valence-corrected chi connectivity index (χ1v) is 5.80. The molecule has 88 valence electrons. The summed E-state index contributed by atoms with van der Waals surface area (Å²) >= 11 is 0. The van der Waals surface area contributed by atoms with Crippen LogP contribution in [0, 0.1) is 5.92 Å².